The number of nitrogens with zero attached hydrogens (tertiary/aromatic N) is 3. The minimum absolute atomic E-state index is 0.270. The molecule has 30 heavy (non-hydrogen) atoms. The highest BCUT2D eigenvalue weighted by Crippen LogP contribution is 2.35. The Morgan fingerprint density at radius 3 is 2.60 bits per heavy atom. The summed E-state index contributed by atoms with van der Waals surface area (Å²) in [5, 5.41) is 0.879. The fraction of sp³-hybridized carbons (Fsp3) is 0.333. The van der Waals surface area contributed by atoms with E-state index in [0.717, 1.165) is 54.0 Å². The second-order valence-corrected chi connectivity index (χ2v) is 7.70. The Morgan fingerprint density at radius 2 is 1.93 bits per heavy atom. The van der Waals surface area contributed by atoms with E-state index in [1.165, 1.54) is 19.2 Å². The first-order valence-corrected chi connectivity index (χ1v) is 10.3. The van der Waals surface area contributed by atoms with Gasteiger partial charge in [0, 0.05) is 36.6 Å². The van der Waals surface area contributed by atoms with Crippen molar-refractivity contribution in [2.75, 3.05) is 38.2 Å². The molecule has 2 heterocycles. The van der Waals surface area contributed by atoms with Gasteiger partial charge < -0.3 is 9.64 Å². The first kappa shape index (κ1) is 20.3. The molecule has 0 saturated carbocycles. The third kappa shape index (κ3) is 3.87. The van der Waals surface area contributed by atoms with E-state index in [9.17, 15) is 9.18 Å². The number of likely N-dealkylation sites (N-methyl/N-ethyl adjacent to an activating group) is 1. The Hall–Kier alpha value is -2.99. The number of pyridine rings is 1. The largest absolute Gasteiger partial charge is 0.465 e. The molecule has 0 unspecified atom stereocenters. The summed E-state index contributed by atoms with van der Waals surface area (Å²) < 4.78 is 18.4. The first-order valence-electron chi connectivity index (χ1n) is 10.3. The van der Waals surface area contributed by atoms with Crippen LogP contribution in [0.5, 0.6) is 0 Å². The van der Waals surface area contributed by atoms with E-state index in [1.807, 2.05) is 12.1 Å². The number of anilines is 1. The highest BCUT2D eigenvalue weighted by molar-refractivity contribution is 5.96. The maximum absolute atomic E-state index is 13.5. The van der Waals surface area contributed by atoms with Gasteiger partial charge in [-0.3, -0.25) is 4.90 Å². The van der Waals surface area contributed by atoms with E-state index in [1.54, 1.807) is 18.2 Å². The Balaban J connectivity index is 1.86. The van der Waals surface area contributed by atoms with Crippen LogP contribution in [0, 0.1) is 5.82 Å². The third-order valence-corrected chi connectivity index (χ3v) is 5.80. The Kier molecular flexibility index (Phi) is 5.68. The average Bonchev–Trinajstić information content (AvgIpc) is 2.77. The fourth-order valence-corrected chi connectivity index (χ4v) is 4.13. The average molecular weight is 407 g/mol. The van der Waals surface area contributed by atoms with Crippen molar-refractivity contribution in [2.24, 2.45) is 0 Å². The molecule has 1 aliphatic heterocycles. The molecule has 156 valence electrons. The molecular weight excluding hydrogens is 381 g/mol. The van der Waals surface area contributed by atoms with Gasteiger partial charge in [-0.1, -0.05) is 6.92 Å². The highest BCUT2D eigenvalue weighted by Gasteiger charge is 2.26. The molecule has 1 aliphatic rings. The van der Waals surface area contributed by atoms with Crippen molar-refractivity contribution < 1.29 is 13.9 Å². The van der Waals surface area contributed by atoms with Crippen molar-refractivity contribution in [3.8, 4) is 11.3 Å². The number of rotatable bonds is 4. The van der Waals surface area contributed by atoms with Gasteiger partial charge in [0.25, 0.3) is 0 Å². The van der Waals surface area contributed by atoms with Crippen LogP contribution in [0.2, 0.25) is 0 Å². The molecule has 0 aliphatic carbocycles. The smallest absolute Gasteiger partial charge is 0.337 e. The number of hydrogen-bond acceptors (Lipinski definition) is 5. The molecule has 1 aromatic heterocycles. The predicted octanol–water partition coefficient (Wildman–Crippen LogP) is 4.36. The second kappa shape index (κ2) is 8.40. The van der Waals surface area contributed by atoms with Crippen molar-refractivity contribution in [3.63, 3.8) is 0 Å². The molecule has 1 atom stereocenters. The van der Waals surface area contributed by atoms with Crippen LogP contribution in [-0.4, -0.2) is 55.2 Å². The highest BCUT2D eigenvalue weighted by atomic mass is 19.1. The zero-order chi connectivity index (χ0) is 21.3. The number of hydrogen-bond donors (Lipinski definition) is 0. The van der Waals surface area contributed by atoms with E-state index in [0.29, 0.717) is 11.6 Å². The van der Waals surface area contributed by atoms with Crippen LogP contribution in [0.4, 0.5) is 10.1 Å². The molecule has 0 spiro atoms. The van der Waals surface area contributed by atoms with E-state index in [4.69, 9.17) is 9.72 Å². The SMILES string of the molecule is CCN1CCN(c2cc3cc(C(=O)OC)ccc3nc2-c2ccc(F)cc2)[C@@H](C)C1. The minimum atomic E-state index is -0.369. The summed E-state index contributed by atoms with van der Waals surface area (Å²) in [6.07, 6.45) is 0. The van der Waals surface area contributed by atoms with Gasteiger partial charge in [-0.05, 0) is 62.0 Å². The molecule has 0 amide bonds. The van der Waals surface area contributed by atoms with Gasteiger partial charge in [0.15, 0.2) is 0 Å². The van der Waals surface area contributed by atoms with Crippen LogP contribution in [-0.2, 0) is 4.74 Å². The molecule has 1 fully saturated rings. The zero-order valence-electron chi connectivity index (χ0n) is 17.6. The quantitative estimate of drug-likeness (QED) is 0.602. The second-order valence-electron chi connectivity index (χ2n) is 7.70. The molecule has 0 radical (unpaired) electrons. The van der Waals surface area contributed by atoms with Gasteiger partial charge in [0.05, 0.1) is 29.6 Å². The van der Waals surface area contributed by atoms with Crippen molar-refractivity contribution in [1.29, 1.82) is 0 Å². The lowest BCUT2D eigenvalue weighted by atomic mass is 10.0. The first-order chi connectivity index (χ1) is 14.5. The molecule has 2 aromatic carbocycles. The Labute approximate surface area is 176 Å². The summed E-state index contributed by atoms with van der Waals surface area (Å²) >= 11 is 0. The number of aromatic nitrogens is 1. The number of ether oxygens (including phenoxy) is 1. The topological polar surface area (TPSA) is 45.7 Å². The van der Waals surface area contributed by atoms with Crippen LogP contribution < -0.4 is 4.90 Å². The lowest BCUT2D eigenvalue weighted by Crippen LogP contribution is -2.52. The monoisotopic (exact) mass is 407 g/mol. The molecular formula is C24H26FN3O2. The van der Waals surface area contributed by atoms with Crippen molar-refractivity contribution in [1.82, 2.24) is 9.88 Å². The summed E-state index contributed by atoms with van der Waals surface area (Å²) in [6.45, 7) is 8.25. The van der Waals surface area contributed by atoms with Crippen molar-refractivity contribution in [3.05, 3.63) is 59.9 Å². The Morgan fingerprint density at radius 1 is 1.17 bits per heavy atom. The van der Waals surface area contributed by atoms with Gasteiger partial charge >= 0.3 is 5.97 Å². The number of piperazine rings is 1. The number of esters is 1. The zero-order valence-corrected chi connectivity index (χ0v) is 17.6. The summed E-state index contributed by atoms with van der Waals surface area (Å²) in [4.78, 5) is 21.7. The van der Waals surface area contributed by atoms with Crippen LogP contribution >= 0.6 is 0 Å². The normalized spacial score (nSPS) is 17.3. The van der Waals surface area contributed by atoms with Gasteiger partial charge in [-0.15, -0.1) is 0 Å². The minimum Gasteiger partial charge on any atom is -0.465 e. The molecule has 6 heteroatoms. The molecule has 0 bridgehead atoms. The summed E-state index contributed by atoms with van der Waals surface area (Å²) in [6, 6.07) is 14.2. The van der Waals surface area contributed by atoms with Gasteiger partial charge in [-0.25, -0.2) is 14.2 Å². The lowest BCUT2D eigenvalue weighted by molar-refractivity contribution is 0.0601. The summed E-state index contributed by atoms with van der Waals surface area (Å²) in [5.74, 6) is -0.639. The number of methoxy groups -OCH3 is 1. The van der Waals surface area contributed by atoms with E-state index in [-0.39, 0.29) is 11.8 Å². The fourth-order valence-electron chi connectivity index (χ4n) is 4.13. The van der Waals surface area contributed by atoms with Crippen LogP contribution in [0.3, 0.4) is 0 Å². The van der Waals surface area contributed by atoms with Crippen LogP contribution in [0.25, 0.3) is 22.2 Å². The van der Waals surface area contributed by atoms with E-state index in [2.05, 4.69) is 29.7 Å². The molecule has 1 saturated heterocycles. The van der Waals surface area contributed by atoms with E-state index < -0.39 is 0 Å². The molecule has 0 N–H and O–H groups in total. The number of benzene rings is 2. The standard InChI is InChI=1S/C24H26FN3O2/c1-4-27-11-12-28(16(2)15-27)22-14-19-13-18(24(29)30-3)7-10-21(19)26-23(22)17-5-8-20(25)9-6-17/h5-10,13-14,16H,4,11-12,15H2,1-3H3/t16-/m0/s1. The van der Waals surface area contributed by atoms with Gasteiger partial charge in [-0.2, -0.15) is 0 Å². The predicted molar refractivity (Wildman–Crippen MR) is 117 cm³/mol. The lowest BCUT2D eigenvalue weighted by Gasteiger charge is -2.41. The number of carbonyl (C=O) groups excluding carboxylic acids is 1. The maximum atomic E-state index is 13.5. The summed E-state index contributed by atoms with van der Waals surface area (Å²) in [5.41, 5.74) is 3.97. The summed E-state index contributed by atoms with van der Waals surface area (Å²) in [7, 11) is 1.38. The van der Waals surface area contributed by atoms with Crippen LogP contribution in [0.1, 0.15) is 24.2 Å². The molecule has 5 nitrogen and oxygen atoms in total. The number of carbonyl (C=O) groups is 1. The maximum Gasteiger partial charge on any atom is 0.337 e. The third-order valence-electron chi connectivity index (χ3n) is 5.80. The van der Waals surface area contributed by atoms with Crippen molar-refractivity contribution >= 4 is 22.6 Å². The number of halogens is 1. The Bertz CT molecular complexity index is 1070. The van der Waals surface area contributed by atoms with Gasteiger partial charge in [0.1, 0.15) is 5.82 Å². The number of fused-ring (bicyclic) bond motifs is 1. The van der Waals surface area contributed by atoms with E-state index >= 15 is 0 Å². The molecule has 3 aromatic rings. The van der Waals surface area contributed by atoms with Crippen LogP contribution in [0.15, 0.2) is 48.5 Å². The van der Waals surface area contributed by atoms with Crippen molar-refractivity contribution in [2.45, 2.75) is 19.9 Å². The van der Waals surface area contributed by atoms with Gasteiger partial charge in [0.2, 0.25) is 0 Å². The molecule has 4 rings (SSSR count).